The summed E-state index contributed by atoms with van der Waals surface area (Å²) in [6, 6.07) is 0.556. The lowest BCUT2D eigenvalue weighted by Gasteiger charge is -2.31. The number of imidazole rings is 1. The number of hydrogen-bond acceptors (Lipinski definition) is 3. The van der Waals surface area contributed by atoms with Gasteiger partial charge in [0.15, 0.2) is 0 Å². The average Bonchev–Trinajstić information content (AvgIpc) is 2.69. The largest absolute Gasteiger partial charge is 0.337 e. The van der Waals surface area contributed by atoms with Crippen LogP contribution in [0.3, 0.4) is 0 Å². The van der Waals surface area contributed by atoms with E-state index in [9.17, 15) is 0 Å². The third-order valence-corrected chi connectivity index (χ3v) is 3.43. The van der Waals surface area contributed by atoms with Crippen molar-refractivity contribution in [2.45, 2.75) is 58.7 Å². The SMILES string of the molecule is CCCC(CNC(C)(C)C)N(C)Cc1nccn1C. The van der Waals surface area contributed by atoms with E-state index in [1.165, 1.54) is 12.8 Å². The van der Waals surface area contributed by atoms with Gasteiger partial charge in [-0.2, -0.15) is 0 Å². The minimum Gasteiger partial charge on any atom is -0.337 e. The highest BCUT2D eigenvalue weighted by Crippen LogP contribution is 2.10. The Morgan fingerprint density at radius 2 is 2.11 bits per heavy atom. The molecule has 0 spiro atoms. The fourth-order valence-electron chi connectivity index (χ4n) is 2.14. The molecule has 0 saturated heterocycles. The summed E-state index contributed by atoms with van der Waals surface area (Å²) in [6.45, 7) is 10.8. The molecule has 0 bridgehead atoms. The monoisotopic (exact) mass is 266 g/mol. The Labute approximate surface area is 118 Å². The van der Waals surface area contributed by atoms with Gasteiger partial charge in [0.2, 0.25) is 0 Å². The van der Waals surface area contributed by atoms with Crippen LogP contribution in [0.5, 0.6) is 0 Å². The number of rotatable bonds is 7. The van der Waals surface area contributed by atoms with Crippen LogP contribution in [0.4, 0.5) is 0 Å². The van der Waals surface area contributed by atoms with Gasteiger partial charge in [0, 0.05) is 37.6 Å². The molecule has 0 radical (unpaired) electrons. The van der Waals surface area contributed by atoms with Crippen LogP contribution in [0.1, 0.15) is 46.4 Å². The molecule has 0 fully saturated rings. The van der Waals surface area contributed by atoms with Gasteiger partial charge in [0.1, 0.15) is 5.82 Å². The molecule has 1 aromatic heterocycles. The van der Waals surface area contributed by atoms with Gasteiger partial charge >= 0.3 is 0 Å². The molecule has 1 atom stereocenters. The average molecular weight is 266 g/mol. The van der Waals surface area contributed by atoms with Crippen molar-refractivity contribution < 1.29 is 0 Å². The number of nitrogens with one attached hydrogen (secondary N) is 1. The van der Waals surface area contributed by atoms with Crippen molar-refractivity contribution in [2.75, 3.05) is 13.6 Å². The first kappa shape index (κ1) is 16.2. The van der Waals surface area contributed by atoms with Crippen LogP contribution < -0.4 is 5.32 Å². The van der Waals surface area contributed by atoms with Crippen molar-refractivity contribution in [3.8, 4) is 0 Å². The first-order valence-corrected chi connectivity index (χ1v) is 7.25. The van der Waals surface area contributed by atoms with E-state index in [2.05, 4.69) is 61.6 Å². The Morgan fingerprint density at radius 1 is 1.42 bits per heavy atom. The van der Waals surface area contributed by atoms with Gasteiger partial charge in [-0.3, -0.25) is 4.90 Å². The first-order valence-electron chi connectivity index (χ1n) is 7.25. The maximum Gasteiger partial charge on any atom is 0.122 e. The molecule has 1 heterocycles. The standard InChI is InChI=1S/C15H30N4/c1-7-8-13(11-17-15(2,3)4)19(6)12-14-16-9-10-18(14)5/h9-10,13,17H,7-8,11-12H2,1-6H3. The van der Waals surface area contributed by atoms with Gasteiger partial charge in [-0.15, -0.1) is 0 Å². The quantitative estimate of drug-likeness (QED) is 0.823. The summed E-state index contributed by atoms with van der Waals surface area (Å²) in [6.07, 6.45) is 6.29. The van der Waals surface area contributed by atoms with Crippen LogP contribution in [0.2, 0.25) is 0 Å². The molecule has 0 aliphatic heterocycles. The van der Waals surface area contributed by atoms with Gasteiger partial charge in [-0.1, -0.05) is 13.3 Å². The Hall–Kier alpha value is -0.870. The lowest BCUT2D eigenvalue weighted by Crippen LogP contribution is -2.46. The molecule has 0 aromatic carbocycles. The molecule has 4 heteroatoms. The Bertz CT molecular complexity index is 364. The molecule has 0 aliphatic rings. The molecule has 4 nitrogen and oxygen atoms in total. The summed E-state index contributed by atoms with van der Waals surface area (Å²) in [5, 5.41) is 3.61. The summed E-state index contributed by atoms with van der Waals surface area (Å²) >= 11 is 0. The maximum absolute atomic E-state index is 4.41. The summed E-state index contributed by atoms with van der Waals surface area (Å²) in [5.41, 5.74) is 0.177. The predicted molar refractivity (Wildman–Crippen MR) is 81.1 cm³/mol. The molecular formula is C15H30N4. The van der Waals surface area contributed by atoms with Crippen molar-refractivity contribution in [1.82, 2.24) is 19.8 Å². The smallest absolute Gasteiger partial charge is 0.122 e. The van der Waals surface area contributed by atoms with E-state index in [1.54, 1.807) is 0 Å². The van der Waals surface area contributed by atoms with E-state index in [0.29, 0.717) is 6.04 Å². The molecule has 110 valence electrons. The topological polar surface area (TPSA) is 33.1 Å². The zero-order valence-electron chi connectivity index (χ0n) is 13.4. The number of hydrogen-bond donors (Lipinski definition) is 1. The number of aryl methyl sites for hydroxylation is 1. The second-order valence-corrected chi connectivity index (χ2v) is 6.44. The lowest BCUT2D eigenvalue weighted by atomic mass is 10.1. The second-order valence-electron chi connectivity index (χ2n) is 6.44. The maximum atomic E-state index is 4.41. The Morgan fingerprint density at radius 3 is 2.58 bits per heavy atom. The zero-order chi connectivity index (χ0) is 14.5. The van der Waals surface area contributed by atoms with Crippen molar-refractivity contribution in [3.05, 3.63) is 18.2 Å². The minimum atomic E-state index is 0.177. The van der Waals surface area contributed by atoms with E-state index in [0.717, 1.165) is 18.9 Å². The van der Waals surface area contributed by atoms with Gasteiger partial charge in [-0.05, 0) is 34.2 Å². The highest BCUT2D eigenvalue weighted by molar-refractivity contribution is 4.92. The fourth-order valence-corrected chi connectivity index (χ4v) is 2.14. The number of likely N-dealkylation sites (N-methyl/N-ethyl adjacent to an activating group) is 1. The molecular weight excluding hydrogens is 236 g/mol. The van der Waals surface area contributed by atoms with Crippen molar-refractivity contribution in [1.29, 1.82) is 0 Å². The third-order valence-electron chi connectivity index (χ3n) is 3.43. The molecule has 0 saturated carbocycles. The molecule has 1 N–H and O–H groups in total. The van der Waals surface area contributed by atoms with Crippen molar-refractivity contribution in [2.24, 2.45) is 7.05 Å². The predicted octanol–water partition coefficient (Wildman–Crippen LogP) is 2.41. The molecule has 19 heavy (non-hydrogen) atoms. The summed E-state index contributed by atoms with van der Waals surface area (Å²) in [7, 11) is 4.25. The van der Waals surface area contributed by atoms with E-state index >= 15 is 0 Å². The number of nitrogens with zero attached hydrogens (tertiary/aromatic N) is 3. The van der Waals surface area contributed by atoms with E-state index in [1.807, 2.05) is 12.4 Å². The van der Waals surface area contributed by atoms with Gasteiger partial charge in [0.05, 0.1) is 6.54 Å². The molecule has 1 rings (SSSR count). The molecule has 0 aliphatic carbocycles. The van der Waals surface area contributed by atoms with Gasteiger partial charge in [0.25, 0.3) is 0 Å². The van der Waals surface area contributed by atoms with Crippen LogP contribution in [0, 0.1) is 0 Å². The summed E-state index contributed by atoms with van der Waals surface area (Å²) in [4.78, 5) is 6.82. The molecule has 1 unspecified atom stereocenters. The third kappa shape index (κ3) is 5.74. The van der Waals surface area contributed by atoms with Crippen LogP contribution in [0.15, 0.2) is 12.4 Å². The first-order chi connectivity index (χ1) is 8.83. The number of aromatic nitrogens is 2. The second kappa shape index (κ2) is 7.06. The normalized spacial score (nSPS) is 14.1. The van der Waals surface area contributed by atoms with E-state index in [4.69, 9.17) is 0 Å². The fraction of sp³-hybridized carbons (Fsp3) is 0.800. The Balaban J connectivity index is 2.57. The van der Waals surface area contributed by atoms with Crippen molar-refractivity contribution in [3.63, 3.8) is 0 Å². The lowest BCUT2D eigenvalue weighted by molar-refractivity contribution is 0.197. The van der Waals surface area contributed by atoms with Crippen molar-refractivity contribution >= 4 is 0 Å². The van der Waals surface area contributed by atoms with Crippen LogP contribution in [-0.4, -0.2) is 39.6 Å². The summed E-state index contributed by atoms with van der Waals surface area (Å²) < 4.78 is 2.09. The molecule has 0 amide bonds. The van der Waals surface area contributed by atoms with Crippen LogP contribution in [-0.2, 0) is 13.6 Å². The van der Waals surface area contributed by atoms with Crippen LogP contribution >= 0.6 is 0 Å². The highest BCUT2D eigenvalue weighted by Gasteiger charge is 2.18. The zero-order valence-corrected chi connectivity index (χ0v) is 13.4. The summed E-state index contributed by atoms with van der Waals surface area (Å²) in [5.74, 6) is 1.12. The Kier molecular flexibility index (Phi) is 6.01. The van der Waals surface area contributed by atoms with Crippen LogP contribution in [0.25, 0.3) is 0 Å². The molecule has 1 aromatic rings. The van der Waals surface area contributed by atoms with Gasteiger partial charge < -0.3 is 9.88 Å². The van der Waals surface area contributed by atoms with E-state index < -0.39 is 0 Å². The highest BCUT2D eigenvalue weighted by atomic mass is 15.2. The minimum absolute atomic E-state index is 0.177. The van der Waals surface area contributed by atoms with E-state index in [-0.39, 0.29) is 5.54 Å². The van der Waals surface area contributed by atoms with Gasteiger partial charge in [-0.25, -0.2) is 4.98 Å².